The molecule has 0 saturated heterocycles. The van der Waals surface area contributed by atoms with E-state index in [1.165, 1.54) is 0 Å². The maximum atomic E-state index is 13.7. The van der Waals surface area contributed by atoms with Gasteiger partial charge in [0.25, 0.3) is 5.91 Å². The first-order chi connectivity index (χ1) is 17.3. The molecule has 0 aliphatic heterocycles. The van der Waals surface area contributed by atoms with Gasteiger partial charge in [-0.05, 0) is 64.2 Å². The fourth-order valence-electron chi connectivity index (χ4n) is 4.25. The van der Waals surface area contributed by atoms with E-state index in [1.807, 2.05) is 50.8 Å². The molecule has 4 aromatic rings. The lowest BCUT2D eigenvalue weighted by Gasteiger charge is -2.19. The van der Waals surface area contributed by atoms with Crippen molar-refractivity contribution in [2.75, 3.05) is 32.5 Å². The number of nitrogens with one attached hydrogen (secondary N) is 2. The molecule has 0 unspecified atom stereocenters. The molecule has 36 heavy (non-hydrogen) atoms. The lowest BCUT2D eigenvalue weighted by molar-refractivity contribution is 0.0787. The predicted octanol–water partition coefficient (Wildman–Crippen LogP) is 3.74. The molecule has 0 bridgehead atoms. The average Bonchev–Trinajstić information content (AvgIpc) is 3.21. The summed E-state index contributed by atoms with van der Waals surface area (Å²) in [6, 6.07) is 10.6. The number of aryl methyl sites for hydroxylation is 2. The molecule has 3 aromatic heterocycles. The van der Waals surface area contributed by atoms with Crippen LogP contribution in [0.4, 0.5) is 5.69 Å². The first-order valence-electron chi connectivity index (χ1n) is 12.1. The number of nitrogens with zero attached hydrogens (tertiary/aromatic N) is 5. The van der Waals surface area contributed by atoms with Gasteiger partial charge < -0.3 is 20.6 Å². The molecule has 9 nitrogen and oxygen atoms in total. The highest BCUT2D eigenvalue weighted by Crippen LogP contribution is 2.29. The van der Waals surface area contributed by atoms with Crippen LogP contribution in [0.3, 0.4) is 0 Å². The van der Waals surface area contributed by atoms with Crippen LogP contribution in [0.1, 0.15) is 34.2 Å². The van der Waals surface area contributed by atoms with E-state index >= 15 is 0 Å². The second-order valence-electron chi connectivity index (χ2n) is 8.90. The number of aromatic nitrogens is 4. The van der Waals surface area contributed by atoms with E-state index in [0.29, 0.717) is 34.4 Å². The monoisotopic (exact) mass is 487 g/mol. The Morgan fingerprint density at radius 3 is 2.58 bits per heavy atom. The third-order valence-electron chi connectivity index (χ3n) is 6.20. The van der Waals surface area contributed by atoms with Crippen LogP contribution >= 0.6 is 0 Å². The minimum atomic E-state index is -0.169. The third-order valence-corrected chi connectivity index (χ3v) is 6.20. The Labute approximate surface area is 211 Å². The zero-order valence-electron chi connectivity index (χ0n) is 21.5. The minimum absolute atomic E-state index is 0.0820. The highest BCUT2D eigenvalue weighted by molar-refractivity contribution is 6.07. The quantitative estimate of drug-likeness (QED) is 0.309. The number of fused-ring (bicyclic) bond motifs is 1. The number of benzene rings is 1. The van der Waals surface area contributed by atoms with Crippen molar-refractivity contribution in [3.63, 3.8) is 0 Å². The van der Waals surface area contributed by atoms with Crippen LogP contribution in [0.25, 0.3) is 22.3 Å². The number of carbonyl (C=O) groups excluding carboxylic acids is 1. The van der Waals surface area contributed by atoms with Gasteiger partial charge in [-0.25, -0.2) is 4.98 Å². The molecule has 0 atom stereocenters. The van der Waals surface area contributed by atoms with E-state index < -0.39 is 0 Å². The molecule has 0 aliphatic carbocycles. The summed E-state index contributed by atoms with van der Waals surface area (Å²) in [5.41, 5.74) is 6.17. The smallest absolute Gasteiger partial charge is 0.254 e. The first-order valence-corrected chi connectivity index (χ1v) is 12.1. The summed E-state index contributed by atoms with van der Waals surface area (Å²) in [4.78, 5) is 24.8. The summed E-state index contributed by atoms with van der Waals surface area (Å²) in [7, 11) is 3.68. The minimum Gasteiger partial charge on any atom is -0.508 e. The van der Waals surface area contributed by atoms with Crippen molar-refractivity contribution >= 4 is 22.5 Å². The Bertz CT molecular complexity index is 1400. The number of rotatable bonds is 9. The fraction of sp³-hybridized carbons (Fsp3) is 0.333. The topological polar surface area (TPSA) is 108 Å². The second kappa shape index (κ2) is 10.7. The maximum absolute atomic E-state index is 13.7. The van der Waals surface area contributed by atoms with E-state index in [2.05, 4.69) is 15.7 Å². The molecule has 0 spiro atoms. The van der Waals surface area contributed by atoms with E-state index in [1.54, 1.807) is 36.2 Å². The van der Waals surface area contributed by atoms with Gasteiger partial charge in [0.15, 0.2) is 0 Å². The van der Waals surface area contributed by atoms with Crippen LogP contribution < -0.4 is 10.6 Å². The Hall–Kier alpha value is -3.98. The summed E-state index contributed by atoms with van der Waals surface area (Å²) in [6.07, 6.45) is 1.81. The first kappa shape index (κ1) is 25.1. The zero-order valence-corrected chi connectivity index (χ0v) is 21.5. The van der Waals surface area contributed by atoms with Gasteiger partial charge in [-0.3, -0.25) is 14.5 Å². The normalized spacial score (nSPS) is 11.1. The Kier molecular flexibility index (Phi) is 7.49. The summed E-state index contributed by atoms with van der Waals surface area (Å²) < 4.78 is 1.91. The van der Waals surface area contributed by atoms with Crippen molar-refractivity contribution < 1.29 is 9.90 Å². The van der Waals surface area contributed by atoms with Gasteiger partial charge in [-0.1, -0.05) is 0 Å². The number of phenols is 1. The van der Waals surface area contributed by atoms with E-state index in [-0.39, 0.29) is 11.7 Å². The molecule has 3 heterocycles. The van der Waals surface area contributed by atoms with Crippen LogP contribution in [0.2, 0.25) is 0 Å². The Morgan fingerprint density at radius 1 is 1.08 bits per heavy atom. The highest BCUT2D eigenvalue weighted by atomic mass is 16.3. The summed E-state index contributed by atoms with van der Waals surface area (Å²) in [6.45, 7) is 8.78. The van der Waals surface area contributed by atoms with Crippen LogP contribution in [0, 0.1) is 13.8 Å². The molecule has 0 aliphatic rings. The molecule has 4 rings (SSSR count). The van der Waals surface area contributed by atoms with Crippen LogP contribution in [0.5, 0.6) is 5.75 Å². The molecule has 188 valence electrons. The van der Waals surface area contributed by atoms with Gasteiger partial charge in [0.1, 0.15) is 5.75 Å². The van der Waals surface area contributed by atoms with Crippen molar-refractivity contribution in [2.45, 2.75) is 33.9 Å². The van der Waals surface area contributed by atoms with E-state index in [0.717, 1.165) is 42.3 Å². The molecule has 0 radical (unpaired) electrons. The van der Waals surface area contributed by atoms with Crippen molar-refractivity contribution in [1.29, 1.82) is 0 Å². The molecule has 9 heteroatoms. The van der Waals surface area contributed by atoms with Gasteiger partial charge >= 0.3 is 0 Å². The van der Waals surface area contributed by atoms with E-state index in [4.69, 9.17) is 9.97 Å². The number of hydrogen-bond donors (Lipinski definition) is 3. The van der Waals surface area contributed by atoms with Crippen LogP contribution in [0.15, 0.2) is 42.6 Å². The molecular weight excluding hydrogens is 454 g/mol. The van der Waals surface area contributed by atoms with Crippen molar-refractivity contribution in [1.82, 2.24) is 30.0 Å². The van der Waals surface area contributed by atoms with Crippen molar-refractivity contribution in [3.8, 4) is 17.1 Å². The highest BCUT2D eigenvalue weighted by Gasteiger charge is 2.20. The average molecular weight is 488 g/mol. The summed E-state index contributed by atoms with van der Waals surface area (Å²) in [5, 5.41) is 21.6. The standard InChI is InChI=1S/C27H33N7O2/c1-6-34-18(3)19(15-30-34)16-33(5)27(36)23-14-26(32-24-8-7-21(35)13-22(23)24)25-12-20(11-17(2)31-25)29-10-9-28-4/h7-8,11-15,28,35H,6,9-10,16H2,1-5H3,(H,29,31). The molecule has 3 N–H and O–H groups in total. The van der Waals surface area contributed by atoms with Gasteiger partial charge in [0.2, 0.25) is 0 Å². The Morgan fingerprint density at radius 2 is 1.86 bits per heavy atom. The van der Waals surface area contributed by atoms with Crippen molar-refractivity contribution in [3.05, 3.63) is 65.1 Å². The summed E-state index contributed by atoms with van der Waals surface area (Å²) in [5.74, 6) is -0.0866. The number of carbonyl (C=O) groups is 1. The van der Waals surface area contributed by atoms with Crippen LogP contribution in [-0.4, -0.2) is 62.8 Å². The maximum Gasteiger partial charge on any atom is 0.254 e. The van der Waals surface area contributed by atoms with Gasteiger partial charge in [0, 0.05) is 61.3 Å². The number of hydrogen-bond acceptors (Lipinski definition) is 7. The molecular formula is C27H33N7O2. The number of aromatic hydroxyl groups is 1. The Balaban J connectivity index is 1.74. The lowest BCUT2D eigenvalue weighted by Crippen LogP contribution is -2.27. The summed E-state index contributed by atoms with van der Waals surface area (Å²) >= 11 is 0. The number of pyridine rings is 2. The largest absolute Gasteiger partial charge is 0.508 e. The van der Waals surface area contributed by atoms with Crippen molar-refractivity contribution in [2.24, 2.45) is 0 Å². The molecule has 1 aromatic carbocycles. The lowest BCUT2D eigenvalue weighted by atomic mass is 10.0. The molecule has 0 fully saturated rings. The number of anilines is 1. The van der Waals surface area contributed by atoms with Crippen LogP contribution in [-0.2, 0) is 13.1 Å². The number of phenolic OH excluding ortho intramolecular Hbond substituents is 1. The molecule has 1 amide bonds. The van der Waals surface area contributed by atoms with E-state index in [9.17, 15) is 9.90 Å². The zero-order chi connectivity index (χ0) is 25.8. The van der Waals surface area contributed by atoms with Gasteiger partial charge in [0.05, 0.1) is 28.7 Å². The number of amides is 1. The van der Waals surface area contributed by atoms with Gasteiger partial charge in [-0.15, -0.1) is 0 Å². The van der Waals surface area contributed by atoms with Gasteiger partial charge in [-0.2, -0.15) is 5.10 Å². The number of likely N-dealkylation sites (N-methyl/N-ethyl adjacent to an activating group) is 1. The predicted molar refractivity (Wildman–Crippen MR) is 142 cm³/mol. The fourth-order valence-corrected chi connectivity index (χ4v) is 4.25. The second-order valence-corrected chi connectivity index (χ2v) is 8.90. The molecule has 0 saturated carbocycles. The third kappa shape index (κ3) is 5.31. The SMILES string of the molecule is CCn1ncc(CN(C)C(=O)c2cc(-c3cc(NCCNC)cc(C)n3)nc3ccc(O)cc23)c1C.